The fourth-order valence-electron chi connectivity index (χ4n) is 2.46. The Labute approximate surface area is 96.2 Å². The van der Waals surface area contributed by atoms with Crippen molar-refractivity contribution >= 4 is 5.91 Å². The molecule has 3 unspecified atom stereocenters. The molecule has 4 heteroatoms. The normalized spacial score (nSPS) is 30.8. The highest BCUT2D eigenvalue weighted by Gasteiger charge is 2.32. The van der Waals surface area contributed by atoms with E-state index in [0.717, 1.165) is 19.3 Å². The van der Waals surface area contributed by atoms with Crippen LogP contribution in [0.3, 0.4) is 0 Å². The Kier molecular flexibility index (Phi) is 3.45. The predicted octanol–water partition coefficient (Wildman–Crippen LogP) is 0.922. The van der Waals surface area contributed by atoms with Gasteiger partial charge in [-0.25, -0.2) is 0 Å². The quantitative estimate of drug-likeness (QED) is 0.741. The van der Waals surface area contributed by atoms with Gasteiger partial charge in [0.25, 0.3) is 0 Å². The van der Waals surface area contributed by atoms with Gasteiger partial charge in [-0.2, -0.15) is 5.26 Å². The molecule has 3 atom stereocenters. The van der Waals surface area contributed by atoms with Crippen LogP contribution in [0.2, 0.25) is 0 Å². The summed E-state index contributed by atoms with van der Waals surface area (Å²) in [6.07, 6.45) is 5.63. The molecule has 0 bridgehead atoms. The lowest BCUT2D eigenvalue weighted by molar-refractivity contribution is -0.122. The van der Waals surface area contributed by atoms with Gasteiger partial charge in [0.2, 0.25) is 5.91 Å². The Morgan fingerprint density at radius 2 is 2.19 bits per heavy atom. The number of nitriles is 1. The van der Waals surface area contributed by atoms with Crippen LogP contribution in [-0.2, 0) is 4.79 Å². The molecule has 2 rings (SSSR count). The number of hydrogen-bond donors (Lipinski definition) is 2. The Morgan fingerprint density at radius 1 is 1.44 bits per heavy atom. The summed E-state index contributed by atoms with van der Waals surface area (Å²) in [4.78, 5) is 11.7. The summed E-state index contributed by atoms with van der Waals surface area (Å²) in [7, 11) is 0. The minimum absolute atomic E-state index is 0.00102. The molecule has 16 heavy (non-hydrogen) atoms. The molecule has 2 aliphatic carbocycles. The van der Waals surface area contributed by atoms with Crippen LogP contribution in [-0.4, -0.2) is 18.0 Å². The second-order valence-electron chi connectivity index (χ2n) is 5.05. The number of nitrogens with zero attached hydrogens (tertiary/aromatic N) is 1. The summed E-state index contributed by atoms with van der Waals surface area (Å²) in [5, 5.41) is 11.9. The number of carbonyl (C=O) groups excluding carboxylic acids is 1. The van der Waals surface area contributed by atoms with Gasteiger partial charge >= 0.3 is 0 Å². The first kappa shape index (κ1) is 11.4. The number of amides is 1. The van der Waals surface area contributed by atoms with Gasteiger partial charge in [-0.3, -0.25) is 4.79 Å². The molecule has 0 aliphatic heterocycles. The summed E-state index contributed by atoms with van der Waals surface area (Å²) in [5.74, 6) is 0.578. The molecule has 4 nitrogen and oxygen atoms in total. The van der Waals surface area contributed by atoms with Gasteiger partial charge in [0, 0.05) is 18.5 Å². The summed E-state index contributed by atoms with van der Waals surface area (Å²) >= 11 is 0. The van der Waals surface area contributed by atoms with Crippen molar-refractivity contribution in [3.8, 4) is 6.07 Å². The lowest BCUT2D eigenvalue weighted by Gasteiger charge is -2.17. The van der Waals surface area contributed by atoms with Crippen molar-refractivity contribution in [1.29, 1.82) is 5.26 Å². The molecule has 0 heterocycles. The van der Waals surface area contributed by atoms with Gasteiger partial charge in [0.15, 0.2) is 0 Å². The Bertz CT molecular complexity index is 306. The van der Waals surface area contributed by atoms with Crippen molar-refractivity contribution in [3.05, 3.63) is 0 Å². The van der Waals surface area contributed by atoms with Gasteiger partial charge in [-0.05, 0) is 38.0 Å². The molecule has 0 radical (unpaired) electrons. The van der Waals surface area contributed by atoms with Crippen molar-refractivity contribution < 1.29 is 4.79 Å². The van der Waals surface area contributed by atoms with Crippen molar-refractivity contribution in [3.63, 3.8) is 0 Å². The van der Waals surface area contributed by atoms with Crippen LogP contribution in [0.5, 0.6) is 0 Å². The van der Waals surface area contributed by atoms with Crippen LogP contribution in [0, 0.1) is 23.2 Å². The SMILES string of the molecule is N#CC1CCCC1NC(=O)CC(N)C1CC1. The van der Waals surface area contributed by atoms with Crippen LogP contribution in [0.25, 0.3) is 0 Å². The van der Waals surface area contributed by atoms with E-state index < -0.39 is 0 Å². The molecular formula is C12H19N3O. The van der Waals surface area contributed by atoms with Gasteiger partial charge in [-0.1, -0.05) is 0 Å². The first-order valence-electron chi connectivity index (χ1n) is 6.15. The molecule has 0 spiro atoms. The van der Waals surface area contributed by atoms with Gasteiger partial charge in [0.1, 0.15) is 0 Å². The first-order chi connectivity index (χ1) is 7.70. The van der Waals surface area contributed by atoms with Crippen LogP contribution in [0.1, 0.15) is 38.5 Å². The van der Waals surface area contributed by atoms with Crippen molar-refractivity contribution in [2.24, 2.45) is 17.6 Å². The average Bonchev–Trinajstić information content (AvgIpc) is 3.00. The molecule has 0 saturated heterocycles. The highest BCUT2D eigenvalue weighted by Crippen LogP contribution is 2.33. The lowest BCUT2D eigenvalue weighted by Crippen LogP contribution is -2.40. The fraction of sp³-hybridized carbons (Fsp3) is 0.833. The maximum atomic E-state index is 11.7. The van der Waals surface area contributed by atoms with E-state index in [9.17, 15) is 4.79 Å². The van der Waals surface area contributed by atoms with E-state index in [1.54, 1.807) is 0 Å². The second kappa shape index (κ2) is 4.84. The molecule has 0 aromatic rings. The van der Waals surface area contributed by atoms with Gasteiger partial charge < -0.3 is 11.1 Å². The molecular weight excluding hydrogens is 202 g/mol. The zero-order valence-electron chi connectivity index (χ0n) is 9.48. The zero-order valence-corrected chi connectivity index (χ0v) is 9.48. The molecule has 2 aliphatic rings. The van der Waals surface area contributed by atoms with E-state index in [1.165, 1.54) is 12.8 Å². The van der Waals surface area contributed by atoms with E-state index in [4.69, 9.17) is 11.0 Å². The second-order valence-corrected chi connectivity index (χ2v) is 5.05. The third-order valence-electron chi connectivity index (χ3n) is 3.68. The number of hydrogen-bond acceptors (Lipinski definition) is 3. The Morgan fingerprint density at radius 3 is 2.81 bits per heavy atom. The minimum atomic E-state index is 0.00102. The number of nitrogens with one attached hydrogen (secondary N) is 1. The number of nitrogens with two attached hydrogens (primary N) is 1. The molecule has 88 valence electrons. The fourth-order valence-corrected chi connectivity index (χ4v) is 2.46. The van der Waals surface area contributed by atoms with Crippen molar-refractivity contribution in [1.82, 2.24) is 5.32 Å². The van der Waals surface area contributed by atoms with E-state index in [1.807, 2.05) is 0 Å². The summed E-state index contributed by atoms with van der Waals surface area (Å²) in [5.41, 5.74) is 5.90. The van der Waals surface area contributed by atoms with Crippen LogP contribution >= 0.6 is 0 Å². The van der Waals surface area contributed by atoms with Gasteiger partial charge in [-0.15, -0.1) is 0 Å². The van der Waals surface area contributed by atoms with Crippen molar-refractivity contribution in [2.45, 2.75) is 50.6 Å². The Balaban J connectivity index is 1.75. The zero-order chi connectivity index (χ0) is 11.5. The third-order valence-corrected chi connectivity index (χ3v) is 3.68. The maximum Gasteiger partial charge on any atom is 0.221 e. The van der Waals surface area contributed by atoms with Crippen LogP contribution in [0.4, 0.5) is 0 Å². The van der Waals surface area contributed by atoms with Crippen LogP contribution in [0.15, 0.2) is 0 Å². The summed E-state index contributed by atoms with van der Waals surface area (Å²) in [6, 6.07) is 2.34. The molecule has 0 aromatic carbocycles. The largest absolute Gasteiger partial charge is 0.352 e. The average molecular weight is 221 g/mol. The highest BCUT2D eigenvalue weighted by atomic mass is 16.1. The van der Waals surface area contributed by atoms with E-state index in [0.29, 0.717) is 12.3 Å². The van der Waals surface area contributed by atoms with E-state index in [2.05, 4.69) is 11.4 Å². The predicted molar refractivity (Wildman–Crippen MR) is 60.2 cm³/mol. The first-order valence-corrected chi connectivity index (χ1v) is 6.15. The summed E-state index contributed by atoms with van der Waals surface area (Å²) < 4.78 is 0. The maximum absolute atomic E-state index is 11.7. The van der Waals surface area contributed by atoms with Crippen LogP contribution < -0.4 is 11.1 Å². The topological polar surface area (TPSA) is 78.9 Å². The number of carbonyl (C=O) groups is 1. The third kappa shape index (κ3) is 2.73. The molecule has 3 N–H and O–H groups in total. The monoisotopic (exact) mass is 221 g/mol. The number of rotatable bonds is 4. The molecule has 2 fully saturated rings. The molecule has 1 amide bonds. The summed E-state index contributed by atoms with van der Waals surface area (Å²) in [6.45, 7) is 0. The molecule has 2 saturated carbocycles. The lowest BCUT2D eigenvalue weighted by atomic mass is 10.0. The standard InChI is InChI=1S/C12H19N3O/c13-7-9-2-1-3-11(9)15-12(16)6-10(14)8-4-5-8/h8-11H,1-6,14H2,(H,15,16). The smallest absolute Gasteiger partial charge is 0.221 e. The van der Waals surface area contributed by atoms with Crippen molar-refractivity contribution in [2.75, 3.05) is 0 Å². The molecule has 0 aromatic heterocycles. The van der Waals surface area contributed by atoms with E-state index >= 15 is 0 Å². The van der Waals surface area contributed by atoms with Gasteiger partial charge in [0.05, 0.1) is 12.0 Å². The minimum Gasteiger partial charge on any atom is -0.352 e. The highest BCUT2D eigenvalue weighted by molar-refractivity contribution is 5.77. The Hall–Kier alpha value is -1.08. The van der Waals surface area contributed by atoms with E-state index in [-0.39, 0.29) is 23.9 Å².